The number of hydrogen-bond donors (Lipinski definition) is 1. The van der Waals surface area contributed by atoms with Crippen molar-refractivity contribution in [3.05, 3.63) is 57.3 Å². The number of esters is 1. The number of fused-ring (bicyclic) bond motifs is 3. The Labute approximate surface area is 154 Å². The summed E-state index contributed by atoms with van der Waals surface area (Å²) in [4.78, 5) is 11.6. The molecule has 1 fully saturated rings. The molecule has 6 heteroatoms. The van der Waals surface area contributed by atoms with Crippen molar-refractivity contribution in [1.29, 1.82) is 0 Å². The van der Waals surface area contributed by atoms with Crippen LogP contribution in [0.3, 0.4) is 0 Å². The van der Waals surface area contributed by atoms with Crippen molar-refractivity contribution in [1.82, 2.24) is 0 Å². The van der Waals surface area contributed by atoms with Gasteiger partial charge in [0.15, 0.2) is 0 Å². The Morgan fingerprint density at radius 2 is 2.00 bits per heavy atom. The summed E-state index contributed by atoms with van der Waals surface area (Å²) >= 11 is 12.6. The molecule has 1 aliphatic heterocycles. The number of benzene rings is 2. The Bertz CT molecular complexity index is 868. The zero-order chi connectivity index (χ0) is 17.7. The Morgan fingerprint density at radius 1 is 1.20 bits per heavy atom. The maximum atomic E-state index is 13.9. The fourth-order valence-electron chi connectivity index (χ4n) is 3.90. The highest BCUT2D eigenvalue weighted by Crippen LogP contribution is 2.51. The molecule has 0 radical (unpaired) electrons. The molecular weight excluding hydrogens is 366 g/mol. The lowest BCUT2D eigenvalue weighted by Gasteiger charge is -2.28. The monoisotopic (exact) mass is 380 g/mol. The molecule has 1 aliphatic carbocycles. The Balaban J connectivity index is 1.77. The van der Waals surface area contributed by atoms with Crippen LogP contribution in [0.4, 0.5) is 4.39 Å². The molecule has 4 rings (SSSR count). The van der Waals surface area contributed by atoms with Gasteiger partial charge in [0.1, 0.15) is 11.9 Å². The van der Waals surface area contributed by atoms with Crippen LogP contribution >= 0.6 is 23.2 Å². The standard InChI is InChI=1S/C19H15Cl2FO3/c20-9-3-15-13-2-1-10(22)5-14(13)16(19(15)17(21)4-9)8-12-6-11(23)7-18(24)25-12/h1-5,11-12,16,23H,6-8H2/t11-,12?,16?/m1/s1. The number of cyclic esters (lactones) is 1. The van der Waals surface area contributed by atoms with E-state index in [2.05, 4.69) is 0 Å². The van der Waals surface area contributed by atoms with Crippen LogP contribution < -0.4 is 0 Å². The minimum Gasteiger partial charge on any atom is -0.462 e. The van der Waals surface area contributed by atoms with Crippen LogP contribution in [0.5, 0.6) is 0 Å². The summed E-state index contributed by atoms with van der Waals surface area (Å²) in [6.07, 6.45) is -0.324. The van der Waals surface area contributed by atoms with Gasteiger partial charge in [0.05, 0.1) is 12.5 Å². The highest BCUT2D eigenvalue weighted by atomic mass is 35.5. The third-order valence-electron chi connectivity index (χ3n) is 4.86. The number of halogens is 3. The first-order valence-electron chi connectivity index (χ1n) is 8.08. The van der Waals surface area contributed by atoms with Crippen molar-refractivity contribution in [3.63, 3.8) is 0 Å². The Morgan fingerprint density at radius 3 is 2.76 bits per heavy atom. The van der Waals surface area contributed by atoms with Crippen LogP contribution in [0.1, 0.15) is 36.3 Å². The third-order valence-corrected chi connectivity index (χ3v) is 5.39. The summed E-state index contributed by atoms with van der Waals surface area (Å²) in [5, 5.41) is 10.9. The molecule has 0 amide bonds. The number of aliphatic hydroxyl groups excluding tert-OH is 1. The van der Waals surface area contributed by atoms with Gasteiger partial charge in [-0.2, -0.15) is 0 Å². The molecule has 3 nitrogen and oxygen atoms in total. The van der Waals surface area contributed by atoms with Gasteiger partial charge in [0.2, 0.25) is 0 Å². The highest BCUT2D eigenvalue weighted by molar-refractivity contribution is 6.36. The van der Waals surface area contributed by atoms with E-state index in [9.17, 15) is 14.3 Å². The molecule has 2 aromatic rings. The highest BCUT2D eigenvalue weighted by Gasteiger charge is 2.36. The Kier molecular flexibility index (Phi) is 4.22. The second-order valence-electron chi connectivity index (χ2n) is 6.57. The van der Waals surface area contributed by atoms with Crippen molar-refractivity contribution >= 4 is 29.2 Å². The lowest BCUT2D eigenvalue weighted by Crippen LogP contribution is -2.33. The number of carbonyl (C=O) groups excluding carboxylic acids is 1. The first-order valence-corrected chi connectivity index (χ1v) is 8.84. The predicted molar refractivity (Wildman–Crippen MR) is 93.4 cm³/mol. The van der Waals surface area contributed by atoms with E-state index in [1.54, 1.807) is 12.1 Å². The van der Waals surface area contributed by atoms with Gasteiger partial charge in [-0.1, -0.05) is 29.3 Å². The molecule has 2 unspecified atom stereocenters. The van der Waals surface area contributed by atoms with E-state index in [0.717, 1.165) is 22.3 Å². The predicted octanol–water partition coefficient (Wildman–Crippen LogP) is 4.70. The van der Waals surface area contributed by atoms with Crippen molar-refractivity contribution in [2.45, 2.75) is 37.4 Å². The Hall–Kier alpha value is -1.62. The number of rotatable bonds is 2. The van der Waals surface area contributed by atoms with Gasteiger partial charge in [-0.25, -0.2) is 4.39 Å². The third kappa shape index (κ3) is 3.03. The van der Waals surface area contributed by atoms with Gasteiger partial charge in [0.25, 0.3) is 0 Å². The average Bonchev–Trinajstić information content (AvgIpc) is 2.80. The van der Waals surface area contributed by atoms with Crippen molar-refractivity contribution in [2.24, 2.45) is 0 Å². The summed E-state index contributed by atoms with van der Waals surface area (Å²) in [7, 11) is 0. The maximum Gasteiger partial charge on any atom is 0.308 e. The summed E-state index contributed by atoms with van der Waals surface area (Å²) in [5.41, 5.74) is 3.42. The lowest BCUT2D eigenvalue weighted by molar-refractivity contribution is -0.160. The largest absolute Gasteiger partial charge is 0.462 e. The number of carbonyl (C=O) groups is 1. The van der Waals surface area contributed by atoms with Crippen LogP contribution in [0.2, 0.25) is 10.0 Å². The molecule has 0 bridgehead atoms. The van der Waals surface area contributed by atoms with Gasteiger partial charge in [-0.15, -0.1) is 0 Å². The first-order chi connectivity index (χ1) is 11.9. The van der Waals surface area contributed by atoms with Gasteiger partial charge in [-0.05, 0) is 52.9 Å². The van der Waals surface area contributed by atoms with E-state index in [1.165, 1.54) is 12.1 Å². The fourth-order valence-corrected chi connectivity index (χ4v) is 4.52. The zero-order valence-electron chi connectivity index (χ0n) is 13.1. The van der Waals surface area contributed by atoms with E-state index in [-0.39, 0.29) is 18.2 Å². The van der Waals surface area contributed by atoms with Crippen LogP contribution in [0.15, 0.2) is 30.3 Å². The zero-order valence-corrected chi connectivity index (χ0v) is 14.6. The molecule has 1 saturated heterocycles. The van der Waals surface area contributed by atoms with E-state index < -0.39 is 18.2 Å². The lowest BCUT2D eigenvalue weighted by atomic mass is 9.88. The number of ether oxygens (including phenoxy) is 1. The quantitative estimate of drug-likeness (QED) is 0.767. The van der Waals surface area contributed by atoms with Crippen molar-refractivity contribution in [3.8, 4) is 11.1 Å². The van der Waals surface area contributed by atoms with Gasteiger partial charge in [0, 0.05) is 22.4 Å². The van der Waals surface area contributed by atoms with Crippen LogP contribution in [-0.4, -0.2) is 23.3 Å². The molecular formula is C19H15Cl2FO3. The number of hydrogen-bond acceptors (Lipinski definition) is 3. The summed E-state index contributed by atoms with van der Waals surface area (Å²) < 4.78 is 19.2. The summed E-state index contributed by atoms with van der Waals surface area (Å²) in [6.45, 7) is 0. The smallest absolute Gasteiger partial charge is 0.308 e. The van der Waals surface area contributed by atoms with E-state index in [0.29, 0.717) is 22.9 Å². The molecule has 1 N–H and O–H groups in total. The first kappa shape index (κ1) is 16.8. The fraction of sp³-hybridized carbons (Fsp3) is 0.316. The van der Waals surface area contributed by atoms with E-state index in [1.807, 2.05) is 6.07 Å². The van der Waals surface area contributed by atoms with E-state index >= 15 is 0 Å². The van der Waals surface area contributed by atoms with Crippen LogP contribution in [0, 0.1) is 5.82 Å². The SMILES string of the molecule is O=C1C[C@H](O)CC(CC2c3cc(F)ccc3-c3cc(Cl)cc(Cl)c32)O1. The number of aliphatic hydroxyl groups is 1. The minimum absolute atomic E-state index is 0.0132. The van der Waals surface area contributed by atoms with Gasteiger partial charge in [-0.3, -0.25) is 4.79 Å². The molecule has 2 aliphatic rings. The van der Waals surface area contributed by atoms with Crippen molar-refractivity contribution < 1.29 is 19.0 Å². The second-order valence-corrected chi connectivity index (χ2v) is 7.42. The average molecular weight is 381 g/mol. The molecule has 3 atom stereocenters. The molecule has 130 valence electrons. The molecule has 25 heavy (non-hydrogen) atoms. The normalized spacial score (nSPS) is 24.6. The molecule has 0 saturated carbocycles. The molecule has 2 aromatic carbocycles. The molecule has 0 spiro atoms. The van der Waals surface area contributed by atoms with E-state index in [4.69, 9.17) is 27.9 Å². The maximum absolute atomic E-state index is 13.9. The van der Waals surface area contributed by atoms with Crippen molar-refractivity contribution in [2.75, 3.05) is 0 Å². The summed E-state index contributed by atoms with van der Waals surface area (Å²) in [6, 6.07) is 8.10. The summed E-state index contributed by atoms with van der Waals surface area (Å²) in [5.74, 6) is -0.961. The van der Waals surface area contributed by atoms with Crippen LogP contribution in [0.25, 0.3) is 11.1 Å². The topological polar surface area (TPSA) is 46.5 Å². The second kappa shape index (κ2) is 6.27. The minimum atomic E-state index is -0.709. The van der Waals surface area contributed by atoms with Crippen LogP contribution in [-0.2, 0) is 9.53 Å². The molecule has 1 heterocycles. The molecule has 0 aromatic heterocycles. The van der Waals surface area contributed by atoms with Gasteiger partial charge < -0.3 is 9.84 Å². The van der Waals surface area contributed by atoms with Gasteiger partial charge >= 0.3 is 5.97 Å².